The largest absolute Gasteiger partial charge is 0.391 e. The first-order valence-electron chi connectivity index (χ1n) is 7.69. The zero-order valence-electron chi connectivity index (χ0n) is 13.1. The van der Waals surface area contributed by atoms with Gasteiger partial charge in [-0.05, 0) is 12.8 Å². The summed E-state index contributed by atoms with van der Waals surface area (Å²) in [4.78, 5) is 6.51. The number of hydrogen-bond acceptors (Lipinski definition) is 5. The third kappa shape index (κ3) is 3.34. The third-order valence-corrected chi connectivity index (χ3v) is 6.48. The topological polar surface area (TPSA) is 78.7 Å². The molecule has 1 aliphatic heterocycles. The molecule has 0 unspecified atom stereocenters. The van der Waals surface area contributed by atoms with Gasteiger partial charge in [0.15, 0.2) is 0 Å². The fourth-order valence-corrected chi connectivity index (χ4v) is 4.17. The fraction of sp³-hybridized carbons (Fsp3) is 0.786. The number of nitrogens with zero attached hydrogens (tertiary/aromatic N) is 4. The molecule has 0 spiro atoms. The van der Waals surface area contributed by atoms with Crippen molar-refractivity contribution in [3.8, 4) is 0 Å². The summed E-state index contributed by atoms with van der Waals surface area (Å²) in [6.45, 7) is 1.76. The second-order valence-electron chi connectivity index (χ2n) is 6.56. The van der Waals surface area contributed by atoms with E-state index in [9.17, 15) is 13.5 Å². The number of aliphatic hydroxyl groups is 1. The highest BCUT2D eigenvalue weighted by Crippen LogP contribution is 2.36. The van der Waals surface area contributed by atoms with Crippen molar-refractivity contribution >= 4 is 10.0 Å². The number of aliphatic hydroxyl groups excluding tert-OH is 1. The number of imidazole rings is 1. The van der Waals surface area contributed by atoms with Crippen molar-refractivity contribution in [3.05, 3.63) is 18.2 Å². The zero-order valence-corrected chi connectivity index (χ0v) is 13.9. The summed E-state index contributed by atoms with van der Waals surface area (Å²) in [6, 6.07) is 0.579. The van der Waals surface area contributed by atoms with Gasteiger partial charge in [-0.25, -0.2) is 17.7 Å². The summed E-state index contributed by atoms with van der Waals surface area (Å²) in [7, 11) is -0.228. The van der Waals surface area contributed by atoms with Crippen molar-refractivity contribution in [3.63, 3.8) is 0 Å². The molecule has 0 bridgehead atoms. The fourth-order valence-electron chi connectivity index (χ4n) is 3.01. The zero-order chi connectivity index (χ0) is 15.9. The number of β-amino-alcohol motifs (C(OH)–C–C–N with tert-alkyl or cyclic N) is 1. The number of hydrogen-bond donors (Lipinski definition) is 1. The molecule has 8 heteroatoms. The Kier molecular flexibility index (Phi) is 4.28. The maximum atomic E-state index is 12.0. The summed E-state index contributed by atoms with van der Waals surface area (Å²) < 4.78 is 27.4. The number of aromatic nitrogens is 2. The maximum absolute atomic E-state index is 12.0. The average Bonchev–Trinajstić information content (AvgIpc) is 3.08. The van der Waals surface area contributed by atoms with Crippen LogP contribution in [0.25, 0.3) is 0 Å². The lowest BCUT2D eigenvalue weighted by molar-refractivity contribution is 0.147. The molecule has 2 atom stereocenters. The molecule has 1 aromatic rings. The highest BCUT2D eigenvalue weighted by Gasteiger charge is 2.36. The van der Waals surface area contributed by atoms with Gasteiger partial charge in [0.2, 0.25) is 10.0 Å². The molecule has 1 N–H and O–H groups in total. The average molecular weight is 328 g/mol. The molecule has 2 heterocycles. The molecule has 7 nitrogen and oxygen atoms in total. The van der Waals surface area contributed by atoms with Crippen molar-refractivity contribution in [1.82, 2.24) is 18.8 Å². The number of rotatable bonds is 6. The Balaban J connectivity index is 1.62. The van der Waals surface area contributed by atoms with Crippen LogP contribution < -0.4 is 0 Å². The van der Waals surface area contributed by atoms with Gasteiger partial charge < -0.3 is 9.67 Å². The number of sulfonamides is 1. The number of likely N-dealkylation sites (tertiary alicyclic amines) is 1. The molecule has 0 radical (unpaired) electrons. The molecule has 2 aliphatic rings. The lowest BCUT2D eigenvalue weighted by atomic mass is 10.1. The Bertz CT molecular complexity index is 624. The quantitative estimate of drug-likeness (QED) is 0.789. The van der Waals surface area contributed by atoms with Crippen LogP contribution in [0.3, 0.4) is 0 Å². The van der Waals surface area contributed by atoms with Crippen molar-refractivity contribution in [1.29, 1.82) is 0 Å². The van der Waals surface area contributed by atoms with Gasteiger partial charge in [-0.15, -0.1) is 0 Å². The Morgan fingerprint density at radius 1 is 1.36 bits per heavy atom. The summed E-state index contributed by atoms with van der Waals surface area (Å²) in [6.07, 6.45) is 5.63. The van der Waals surface area contributed by atoms with Gasteiger partial charge in [0, 0.05) is 51.5 Å². The minimum Gasteiger partial charge on any atom is -0.391 e. The highest BCUT2D eigenvalue weighted by molar-refractivity contribution is 7.89. The second-order valence-corrected chi connectivity index (χ2v) is 8.79. The van der Waals surface area contributed by atoms with Crippen molar-refractivity contribution in [2.75, 3.05) is 32.9 Å². The van der Waals surface area contributed by atoms with Gasteiger partial charge in [0.05, 0.1) is 18.4 Å². The normalized spacial score (nSPS) is 26.9. The van der Waals surface area contributed by atoms with Gasteiger partial charge in [-0.1, -0.05) is 0 Å². The summed E-state index contributed by atoms with van der Waals surface area (Å²) in [5.41, 5.74) is 0. The Hall–Kier alpha value is -0.960. The van der Waals surface area contributed by atoms with Crippen molar-refractivity contribution in [2.24, 2.45) is 5.92 Å². The first kappa shape index (κ1) is 15.9. The van der Waals surface area contributed by atoms with Crippen LogP contribution in [0.1, 0.15) is 24.7 Å². The van der Waals surface area contributed by atoms with E-state index in [-0.39, 0.29) is 11.7 Å². The van der Waals surface area contributed by atoms with Gasteiger partial charge in [-0.2, -0.15) is 0 Å². The van der Waals surface area contributed by atoms with Crippen LogP contribution in [-0.4, -0.2) is 71.3 Å². The molecule has 0 aromatic carbocycles. The standard InChI is InChI=1S/C14H24N4O3S/c1-16(2)22(20,21)10-11-7-17(8-13(11)19)9-14-15-5-6-18(14)12-3-4-12/h5-6,11-13,19H,3-4,7-10H2,1-2H3/t11-,13+/m0/s1. The lowest BCUT2D eigenvalue weighted by Gasteiger charge is -2.18. The lowest BCUT2D eigenvalue weighted by Crippen LogP contribution is -2.33. The van der Waals surface area contributed by atoms with Gasteiger partial charge >= 0.3 is 0 Å². The van der Waals surface area contributed by atoms with Crippen LogP contribution >= 0.6 is 0 Å². The Morgan fingerprint density at radius 3 is 2.73 bits per heavy atom. The maximum Gasteiger partial charge on any atom is 0.214 e. The van der Waals surface area contributed by atoms with E-state index in [1.54, 1.807) is 0 Å². The molecule has 1 saturated carbocycles. The second kappa shape index (κ2) is 5.92. The SMILES string of the molecule is CN(C)S(=O)(=O)C[C@@H]1CN(Cc2nccn2C2CC2)C[C@H]1O. The van der Waals surface area contributed by atoms with E-state index >= 15 is 0 Å². The van der Waals surface area contributed by atoms with E-state index in [2.05, 4.69) is 14.5 Å². The molecule has 1 aromatic heterocycles. The van der Waals surface area contributed by atoms with Crippen molar-refractivity contribution in [2.45, 2.75) is 31.5 Å². The summed E-state index contributed by atoms with van der Waals surface area (Å²) in [5, 5.41) is 10.2. The van der Waals surface area contributed by atoms with Gasteiger partial charge in [0.1, 0.15) is 5.82 Å². The predicted octanol–water partition coefficient (Wildman–Crippen LogP) is -0.0979. The van der Waals surface area contributed by atoms with Crippen molar-refractivity contribution < 1.29 is 13.5 Å². The molecular weight excluding hydrogens is 304 g/mol. The molecule has 1 saturated heterocycles. The Labute approximate surface area is 131 Å². The summed E-state index contributed by atoms with van der Waals surface area (Å²) in [5.74, 6) is 0.761. The molecule has 0 amide bonds. The van der Waals surface area contributed by atoms with Crippen LogP contribution in [0, 0.1) is 5.92 Å². The van der Waals surface area contributed by atoms with E-state index in [1.165, 1.54) is 31.2 Å². The van der Waals surface area contributed by atoms with E-state index in [4.69, 9.17) is 0 Å². The van der Waals surface area contributed by atoms with Crippen LogP contribution in [0.5, 0.6) is 0 Å². The van der Waals surface area contributed by atoms with E-state index in [0.29, 0.717) is 25.7 Å². The molecule has 124 valence electrons. The van der Waals surface area contributed by atoms with Crippen LogP contribution in [-0.2, 0) is 16.6 Å². The molecule has 1 aliphatic carbocycles. The molecule has 3 rings (SSSR count). The first-order valence-corrected chi connectivity index (χ1v) is 9.30. The van der Waals surface area contributed by atoms with E-state index in [0.717, 1.165) is 5.82 Å². The van der Waals surface area contributed by atoms with Gasteiger partial charge in [-0.3, -0.25) is 4.90 Å². The minimum atomic E-state index is -3.29. The predicted molar refractivity (Wildman–Crippen MR) is 82.7 cm³/mol. The van der Waals surface area contributed by atoms with Crippen LogP contribution in [0.4, 0.5) is 0 Å². The highest BCUT2D eigenvalue weighted by atomic mass is 32.2. The first-order chi connectivity index (χ1) is 10.4. The van der Waals surface area contributed by atoms with Crippen LogP contribution in [0.2, 0.25) is 0 Å². The van der Waals surface area contributed by atoms with E-state index in [1.807, 2.05) is 12.4 Å². The van der Waals surface area contributed by atoms with E-state index < -0.39 is 16.1 Å². The minimum absolute atomic E-state index is 0.00523. The monoisotopic (exact) mass is 328 g/mol. The summed E-state index contributed by atoms with van der Waals surface area (Å²) >= 11 is 0. The molecule has 22 heavy (non-hydrogen) atoms. The van der Waals surface area contributed by atoms with Gasteiger partial charge in [0.25, 0.3) is 0 Å². The smallest absolute Gasteiger partial charge is 0.214 e. The van der Waals surface area contributed by atoms with Crippen LogP contribution in [0.15, 0.2) is 12.4 Å². The molecule has 2 fully saturated rings. The Morgan fingerprint density at radius 2 is 2.09 bits per heavy atom. The third-order valence-electron chi connectivity index (χ3n) is 4.52. The molecular formula is C14H24N4O3S.